The SMILES string of the molecule is O=C([O-])Cc1ccc2n[nH]nc2c1C(=O)[O-].[Ag+].[Ag+]. The van der Waals surface area contributed by atoms with Crippen molar-refractivity contribution in [1.29, 1.82) is 0 Å². The molecule has 0 fully saturated rings. The molecule has 0 atom stereocenters. The quantitative estimate of drug-likeness (QED) is 0.538. The number of carbonyl (C=O) groups excluding carboxylic acids is 2. The summed E-state index contributed by atoms with van der Waals surface area (Å²) in [4.78, 5) is 21.4. The summed E-state index contributed by atoms with van der Waals surface area (Å²) < 4.78 is 0. The van der Waals surface area contributed by atoms with Gasteiger partial charge in [0.15, 0.2) is 0 Å². The molecular formula is C9H5Ag2N3O4. The number of rotatable bonds is 3. The molecule has 0 spiro atoms. The van der Waals surface area contributed by atoms with E-state index >= 15 is 0 Å². The normalized spacial score (nSPS) is 9.33. The van der Waals surface area contributed by atoms with Crippen LogP contribution in [0.2, 0.25) is 0 Å². The maximum atomic E-state index is 10.9. The second kappa shape index (κ2) is 6.84. The number of aromatic carboxylic acids is 1. The molecule has 0 unspecified atom stereocenters. The Bertz CT molecular complexity index is 584. The van der Waals surface area contributed by atoms with E-state index in [1.807, 2.05) is 0 Å². The number of benzene rings is 1. The van der Waals surface area contributed by atoms with Crippen molar-refractivity contribution in [3.8, 4) is 0 Å². The fraction of sp³-hybridized carbons (Fsp3) is 0.111. The van der Waals surface area contributed by atoms with E-state index < -0.39 is 18.4 Å². The summed E-state index contributed by atoms with van der Waals surface area (Å²) in [6.45, 7) is 0. The topological polar surface area (TPSA) is 122 Å². The largest absolute Gasteiger partial charge is 1.00 e. The molecule has 0 amide bonds. The van der Waals surface area contributed by atoms with Crippen LogP contribution in [0.4, 0.5) is 0 Å². The first-order chi connectivity index (χ1) is 7.59. The number of hydrogen-bond acceptors (Lipinski definition) is 6. The van der Waals surface area contributed by atoms with Crippen molar-refractivity contribution < 1.29 is 64.6 Å². The third kappa shape index (κ3) is 3.29. The number of hydrogen-bond donors (Lipinski definition) is 1. The Labute approximate surface area is 132 Å². The van der Waals surface area contributed by atoms with E-state index in [-0.39, 0.29) is 61.4 Å². The van der Waals surface area contributed by atoms with Crippen LogP contribution in [0.15, 0.2) is 12.1 Å². The number of aromatic amines is 1. The second-order valence-corrected chi connectivity index (χ2v) is 3.13. The maximum Gasteiger partial charge on any atom is 1.00 e. The summed E-state index contributed by atoms with van der Waals surface area (Å²) in [5.74, 6) is -2.86. The molecule has 0 aliphatic carbocycles. The van der Waals surface area contributed by atoms with Crippen LogP contribution in [0, 0.1) is 0 Å². The predicted octanol–water partition coefficient (Wildman–Crippen LogP) is -2.39. The van der Waals surface area contributed by atoms with Crippen LogP contribution < -0.4 is 10.2 Å². The van der Waals surface area contributed by atoms with Crippen LogP contribution in [0.5, 0.6) is 0 Å². The van der Waals surface area contributed by atoms with Gasteiger partial charge in [-0.05, 0) is 11.6 Å². The van der Waals surface area contributed by atoms with Crippen LogP contribution in [-0.4, -0.2) is 27.3 Å². The van der Waals surface area contributed by atoms with Gasteiger partial charge < -0.3 is 19.8 Å². The van der Waals surface area contributed by atoms with Crippen molar-refractivity contribution in [3.05, 3.63) is 23.3 Å². The molecule has 102 valence electrons. The fourth-order valence-corrected chi connectivity index (χ4v) is 1.48. The van der Waals surface area contributed by atoms with Crippen LogP contribution in [0.1, 0.15) is 15.9 Å². The summed E-state index contributed by atoms with van der Waals surface area (Å²) >= 11 is 0. The number of nitrogens with one attached hydrogen (secondary N) is 1. The van der Waals surface area contributed by atoms with Gasteiger partial charge in [-0.3, -0.25) is 0 Å². The monoisotopic (exact) mass is 433 g/mol. The number of carboxylic acid groups (broad SMARTS) is 2. The molecule has 1 aromatic carbocycles. The minimum absolute atomic E-state index is 0. The molecule has 0 saturated heterocycles. The summed E-state index contributed by atoms with van der Waals surface area (Å²) in [6.07, 6.45) is -0.508. The number of aromatic nitrogens is 3. The van der Waals surface area contributed by atoms with E-state index in [9.17, 15) is 19.8 Å². The number of carboxylic acids is 2. The van der Waals surface area contributed by atoms with Gasteiger partial charge in [-0.15, -0.1) is 0 Å². The summed E-state index contributed by atoms with van der Waals surface area (Å²) in [5, 5.41) is 30.9. The average Bonchev–Trinajstić information content (AvgIpc) is 2.63. The molecule has 1 heterocycles. The van der Waals surface area contributed by atoms with E-state index in [4.69, 9.17) is 0 Å². The molecule has 0 aliphatic heterocycles. The second-order valence-electron chi connectivity index (χ2n) is 3.13. The van der Waals surface area contributed by atoms with Gasteiger partial charge in [0.1, 0.15) is 11.0 Å². The third-order valence-corrected chi connectivity index (χ3v) is 2.11. The van der Waals surface area contributed by atoms with Crippen molar-refractivity contribution in [2.45, 2.75) is 6.42 Å². The van der Waals surface area contributed by atoms with E-state index in [1.54, 1.807) is 0 Å². The van der Waals surface area contributed by atoms with Gasteiger partial charge >= 0.3 is 44.8 Å². The Balaban J connectivity index is 0.00000144. The van der Waals surface area contributed by atoms with Crippen LogP contribution in [0.3, 0.4) is 0 Å². The van der Waals surface area contributed by atoms with Gasteiger partial charge in [-0.25, -0.2) is 0 Å². The fourth-order valence-electron chi connectivity index (χ4n) is 1.48. The van der Waals surface area contributed by atoms with E-state index in [0.717, 1.165) is 0 Å². The zero-order chi connectivity index (χ0) is 11.7. The minimum atomic E-state index is -1.49. The Hall–Kier alpha value is -0.959. The van der Waals surface area contributed by atoms with Gasteiger partial charge in [-0.1, -0.05) is 6.07 Å². The van der Waals surface area contributed by atoms with Crippen molar-refractivity contribution in [2.75, 3.05) is 0 Å². The molecule has 0 aliphatic rings. The molecule has 0 radical (unpaired) electrons. The first-order valence-electron chi connectivity index (χ1n) is 4.33. The zero-order valence-electron chi connectivity index (χ0n) is 8.49. The smallest absolute Gasteiger partial charge is 0.550 e. The van der Waals surface area contributed by atoms with Gasteiger partial charge in [0.2, 0.25) is 0 Å². The summed E-state index contributed by atoms with van der Waals surface area (Å²) in [7, 11) is 0. The summed E-state index contributed by atoms with van der Waals surface area (Å²) in [6, 6.07) is 2.83. The van der Waals surface area contributed by atoms with E-state index in [0.29, 0.717) is 5.52 Å². The molecule has 1 aromatic heterocycles. The maximum absolute atomic E-state index is 10.9. The van der Waals surface area contributed by atoms with Crippen LogP contribution in [0.25, 0.3) is 11.0 Å². The Morgan fingerprint density at radius 3 is 2.39 bits per heavy atom. The third-order valence-electron chi connectivity index (χ3n) is 2.11. The Morgan fingerprint density at radius 1 is 1.17 bits per heavy atom. The van der Waals surface area contributed by atoms with Crippen molar-refractivity contribution in [1.82, 2.24) is 15.4 Å². The standard InChI is InChI=1S/C9H7N3O4.2Ag/c13-6(14)3-4-1-2-5-8(11-12-10-5)7(4)9(15)16;;/h1-2H,3H2,(H,13,14)(H,15,16)(H,10,11,12);;/q;2*+1/p-2. The molecule has 9 heteroatoms. The molecule has 18 heavy (non-hydrogen) atoms. The first kappa shape index (κ1) is 17.0. The zero-order valence-corrected chi connectivity index (χ0v) is 11.5. The molecule has 1 N–H and O–H groups in total. The first-order valence-corrected chi connectivity index (χ1v) is 4.33. The average molecular weight is 435 g/mol. The number of carbonyl (C=O) groups is 2. The molecule has 0 saturated carbocycles. The van der Waals surface area contributed by atoms with Crippen LogP contribution >= 0.6 is 0 Å². The Morgan fingerprint density at radius 2 is 1.83 bits per heavy atom. The van der Waals surface area contributed by atoms with Crippen molar-refractivity contribution in [2.24, 2.45) is 0 Å². The van der Waals surface area contributed by atoms with Gasteiger partial charge in [0.05, 0.1) is 5.97 Å². The Kier molecular flexibility index (Phi) is 6.47. The number of nitrogens with zero attached hydrogens (tertiary/aromatic N) is 2. The molecule has 2 rings (SSSR count). The predicted molar refractivity (Wildman–Crippen MR) is 46.9 cm³/mol. The molecule has 0 bridgehead atoms. The molecule has 2 aromatic rings. The molecular weight excluding hydrogens is 430 g/mol. The van der Waals surface area contributed by atoms with E-state index in [2.05, 4.69) is 15.4 Å². The molecule has 7 nitrogen and oxygen atoms in total. The number of aliphatic carboxylic acids is 1. The number of H-pyrrole nitrogens is 1. The van der Waals surface area contributed by atoms with E-state index in [1.165, 1.54) is 12.1 Å². The van der Waals surface area contributed by atoms with Gasteiger partial charge in [-0.2, -0.15) is 15.4 Å². The van der Waals surface area contributed by atoms with Crippen LogP contribution in [-0.2, 0) is 56.0 Å². The van der Waals surface area contributed by atoms with Gasteiger partial charge in [0.25, 0.3) is 0 Å². The van der Waals surface area contributed by atoms with Crippen molar-refractivity contribution >= 4 is 23.0 Å². The van der Waals surface area contributed by atoms with Gasteiger partial charge in [0, 0.05) is 18.0 Å². The summed E-state index contributed by atoms with van der Waals surface area (Å²) in [5.41, 5.74) is 0.233. The number of fused-ring (bicyclic) bond motifs is 1. The minimum Gasteiger partial charge on any atom is -0.550 e. The van der Waals surface area contributed by atoms with Crippen molar-refractivity contribution in [3.63, 3.8) is 0 Å².